The lowest BCUT2D eigenvalue weighted by Crippen LogP contribution is -2.32. The van der Waals surface area contributed by atoms with Crippen LogP contribution in [-0.2, 0) is 0 Å². The van der Waals surface area contributed by atoms with Gasteiger partial charge in [-0.1, -0.05) is 39.0 Å². The molecule has 0 saturated heterocycles. The predicted molar refractivity (Wildman–Crippen MR) is 69.4 cm³/mol. The van der Waals surface area contributed by atoms with Crippen molar-refractivity contribution < 1.29 is 0 Å². The van der Waals surface area contributed by atoms with Crippen LogP contribution in [0.25, 0.3) is 0 Å². The first kappa shape index (κ1) is 14.9. The fourth-order valence-electron chi connectivity index (χ4n) is 1.69. The molecule has 0 aliphatic carbocycles. The molecule has 0 heterocycles. The molecular formula is C13H30N2. The van der Waals surface area contributed by atoms with Crippen LogP contribution in [0.1, 0.15) is 52.4 Å². The van der Waals surface area contributed by atoms with Crippen LogP contribution in [0.5, 0.6) is 0 Å². The van der Waals surface area contributed by atoms with Gasteiger partial charge in [-0.05, 0) is 27.4 Å². The van der Waals surface area contributed by atoms with Gasteiger partial charge < -0.3 is 10.2 Å². The summed E-state index contributed by atoms with van der Waals surface area (Å²) in [5.41, 5.74) is 0. The van der Waals surface area contributed by atoms with Crippen molar-refractivity contribution in [3.8, 4) is 0 Å². The molecule has 0 aromatic rings. The first-order valence-electron chi connectivity index (χ1n) is 6.55. The zero-order valence-corrected chi connectivity index (χ0v) is 11.2. The van der Waals surface area contributed by atoms with Crippen molar-refractivity contribution in [2.45, 2.75) is 58.4 Å². The highest BCUT2D eigenvalue weighted by Gasteiger charge is 2.00. The summed E-state index contributed by atoms with van der Waals surface area (Å²) in [4.78, 5) is 2.22. The van der Waals surface area contributed by atoms with E-state index in [0.717, 1.165) is 13.1 Å². The zero-order valence-electron chi connectivity index (χ0n) is 11.2. The summed E-state index contributed by atoms with van der Waals surface area (Å²) in [7, 11) is 4.24. The van der Waals surface area contributed by atoms with Gasteiger partial charge in [0.15, 0.2) is 0 Å². The van der Waals surface area contributed by atoms with E-state index in [1.807, 2.05) is 0 Å². The Bertz CT molecular complexity index is 124. The molecule has 0 aromatic heterocycles. The number of likely N-dealkylation sites (N-methyl/N-ethyl adjacent to an activating group) is 1. The monoisotopic (exact) mass is 214 g/mol. The van der Waals surface area contributed by atoms with Crippen molar-refractivity contribution >= 4 is 0 Å². The van der Waals surface area contributed by atoms with Gasteiger partial charge in [0.2, 0.25) is 0 Å². The van der Waals surface area contributed by atoms with E-state index >= 15 is 0 Å². The highest BCUT2D eigenvalue weighted by molar-refractivity contribution is 4.61. The van der Waals surface area contributed by atoms with Gasteiger partial charge >= 0.3 is 0 Å². The maximum absolute atomic E-state index is 3.56. The van der Waals surface area contributed by atoms with Crippen molar-refractivity contribution in [2.24, 2.45) is 0 Å². The third-order valence-electron chi connectivity index (χ3n) is 2.79. The molecule has 2 heteroatoms. The first-order valence-corrected chi connectivity index (χ1v) is 6.55. The molecule has 1 unspecified atom stereocenters. The maximum atomic E-state index is 3.56. The van der Waals surface area contributed by atoms with Crippen LogP contribution in [0.2, 0.25) is 0 Å². The molecule has 15 heavy (non-hydrogen) atoms. The van der Waals surface area contributed by atoms with Crippen LogP contribution in [0.3, 0.4) is 0 Å². The van der Waals surface area contributed by atoms with Crippen molar-refractivity contribution in [1.82, 2.24) is 10.2 Å². The molecule has 0 rings (SSSR count). The number of rotatable bonds is 10. The van der Waals surface area contributed by atoms with Gasteiger partial charge in [-0.2, -0.15) is 0 Å². The largest absolute Gasteiger partial charge is 0.313 e. The van der Waals surface area contributed by atoms with Gasteiger partial charge in [-0.25, -0.2) is 0 Å². The van der Waals surface area contributed by atoms with Crippen LogP contribution in [0, 0.1) is 0 Å². The topological polar surface area (TPSA) is 15.3 Å². The summed E-state index contributed by atoms with van der Waals surface area (Å²) in [6.45, 7) is 6.82. The van der Waals surface area contributed by atoms with E-state index in [9.17, 15) is 0 Å². The van der Waals surface area contributed by atoms with E-state index in [2.05, 4.69) is 38.2 Å². The normalized spacial score (nSPS) is 13.4. The number of nitrogens with one attached hydrogen (secondary N) is 1. The van der Waals surface area contributed by atoms with Crippen molar-refractivity contribution in [2.75, 3.05) is 27.2 Å². The first-order chi connectivity index (χ1) is 7.16. The highest BCUT2D eigenvalue weighted by Crippen LogP contribution is 2.06. The fourth-order valence-corrected chi connectivity index (χ4v) is 1.69. The van der Waals surface area contributed by atoms with E-state index in [-0.39, 0.29) is 0 Å². The average Bonchev–Trinajstić information content (AvgIpc) is 2.17. The summed E-state index contributed by atoms with van der Waals surface area (Å²) in [5, 5.41) is 3.56. The van der Waals surface area contributed by atoms with Gasteiger partial charge in [0.25, 0.3) is 0 Å². The van der Waals surface area contributed by atoms with Crippen LogP contribution >= 0.6 is 0 Å². The SMILES string of the molecule is CCCCCCCC(C)NCCN(C)C. The summed E-state index contributed by atoms with van der Waals surface area (Å²) >= 11 is 0. The Kier molecular flexibility index (Phi) is 10.4. The molecule has 0 amide bonds. The second-order valence-corrected chi connectivity index (χ2v) is 4.86. The van der Waals surface area contributed by atoms with Crippen molar-refractivity contribution in [3.05, 3.63) is 0 Å². The lowest BCUT2D eigenvalue weighted by atomic mass is 10.1. The van der Waals surface area contributed by atoms with Gasteiger partial charge in [-0.15, -0.1) is 0 Å². The number of nitrogens with zero attached hydrogens (tertiary/aromatic N) is 1. The maximum Gasteiger partial charge on any atom is 0.0101 e. The summed E-state index contributed by atoms with van der Waals surface area (Å²) in [5.74, 6) is 0. The van der Waals surface area contributed by atoms with E-state index < -0.39 is 0 Å². The standard InChI is InChI=1S/C13H30N2/c1-5-6-7-8-9-10-13(2)14-11-12-15(3)4/h13-14H,5-12H2,1-4H3. The molecule has 0 aliphatic rings. The Balaban J connectivity index is 3.15. The van der Waals surface area contributed by atoms with Gasteiger partial charge in [-0.3, -0.25) is 0 Å². The van der Waals surface area contributed by atoms with Crippen LogP contribution in [-0.4, -0.2) is 38.1 Å². The third kappa shape index (κ3) is 11.8. The van der Waals surface area contributed by atoms with Gasteiger partial charge in [0.05, 0.1) is 0 Å². The molecule has 0 spiro atoms. The molecule has 1 atom stereocenters. The second kappa shape index (κ2) is 10.4. The Hall–Kier alpha value is -0.0800. The Labute approximate surface area is 96.4 Å². The van der Waals surface area contributed by atoms with Gasteiger partial charge in [0.1, 0.15) is 0 Å². The number of hydrogen-bond acceptors (Lipinski definition) is 2. The molecule has 0 bridgehead atoms. The Morgan fingerprint density at radius 1 is 1.07 bits per heavy atom. The minimum absolute atomic E-state index is 0.687. The highest BCUT2D eigenvalue weighted by atomic mass is 15.1. The smallest absolute Gasteiger partial charge is 0.0101 e. The molecule has 1 N–H and O–H groups in total. The number of unbranched alkanes of at least 4 members (excludes halogenated alkanes) is 4. The summed E-state index contributed by atoms with van der Waals surface area (Å²) in [6, 6.07) is 0.687. The lowest BCUT2D eigenvalue weighted by molar-refractivity contribution is 0.379. The van der Waals surface area contributed by atoms with Crippen LogP contribution < -0.4 is 5.32 Å². The van der Waals surface area contributed by atoms with E-state index in [1.54, 1.807) is 0 Å². The van der Waals surface area contributed by atoms with Gasteiger partial charge in [0, 0.05) is 19.1 Å². The molecule has 0 radical (unpaired) electrons. The third-order valence-corrected chi connectivity index (χ3v) is 2.79. The van der Waals surface area contributed by atoms with E-state index in [1.165, 1.54) is 38.5 Å². The molecule has 92 valence electrons. The zero-order chi connectivity index (χ0) is 11.5. The van der Waals surface area contributed by atoms with Crippen LogP contribution in [0.15, 0.2) is 0 Å². The fraction of sp³-hybridized carbons (Fsp3) is 1.00. The summed E-state index contributed by atoms with van der Waals surface area (Å²) < 4.78 is 0. The Morgan fingerprint density at radius 2 is 1.73 bits per heavy atom. The predicted octanol–water partition coefficient (Wildman–Crippen LogP) is 2.89. The van der Waals surface area contributed by atoms with E-state index in [0.29, 0.717) is 6.04 Å². The Morgan fingerprint density at radius 3 is 2.33 bits per heavy atom. The molecule has 0 saturated carbocycles. The van der Waals surface area contributed by atoms with Crippen molar-refractivity contribution in [1.29, 1.82) is 0 Å². The second-order valence-electron chi connectivity index (χ2n) is 4.86. The molecular weight excluding hydrogens is 184 g/mol. The number of hydrogen-bond donors (Lipinski definition) is 1. The molecule has 0 aromatic carbocycles. The minimum Gasteiger partial charge on any atom is -0.313 e. The summed E-state index contributed by atoms with van der Waals surface area (Å²) in [6.07, 6.45) is 8.29. The minimum atomic E-state index is 0.687. The quantitative estimate of drug-likeness (QED) is 0.563. The van der Waals surface area contributed by atoms with Crippen LogP contribution in [0.4, 0.5) is 0 Å². The lowest BCUT2D eigenvalue weighted by Gasteiger charge is -2.15. The van der Waals surface area contributed by atoms with Crippen molar-refractivity contribution in [3.63, 3.8) is 0 Å². The molecule has 0 fully saturated rings. The van der Waals surface area contributed by atoms with E-state index in [4.69, 9.17) is 0 Å². The molecule has 0 aliphatic heterocycles. The molecule has 2 nitrogen and oxygen atoms in total. The average molecular weight is 214 g/mol.